The van der Waals surface area contributed by atoms with E-state index in [9.17, 15) is 35.6 Å². The molecule has 1 aliphatic heterocycles. The fourth-order valence-electron chi connectivity index (χ4n) is 4.90. The Bertz CT molecular complexity index is 2160. The third kappa shape index (κ3) is 8.75. The lowest BCUT2D eigenvalue weighted by Gasteiger charge is -2.19. The number of rotatable bonds is 10. The highest BCUT2D eigenvalue weighted by atomic mass is 35.5. The van der Waals surface area contributed by atoms with Crippen molar-refractivity contribution >= 4 is 60.9 Å². The molecule has 1 aliphatic carbocycles. The monoisotopic (exact) mass is 778 g/mol. The quantitative estimate of drug-likeness (QED) is 0.222. The molecule has 0 saturated carbocycles. The second-order valence-corrected chi connectivity index (χ2v) is 15.1. The van der Waals surface area contributed by atoms with Gasteiger partial charge >= 0.3 is 6.03 Å². The highest BCUT2D eigenvalue weighted by Gasteiger charge is 2.41. The number of aromatic nitrogens is 3. The van der Waals surface area contributed by atoms with E-state index in [0.717, 1.165) is 36.1 Å². The van der Waals surface area contributed by atoms with Crippen molar-refractivity contribution in [2.75, 3.05) is 30.2 Å². The van der Waals surface area contributed by atoms with Gasteiger partial charge in [-0.3, -0.25) is 14.9 Å². The number of sulfone groups is 1. The summed E-state index contributed by atoms with van der Waals surface area (Å²) in [7, 11) is -5.85. The predicted molar refractivity (Wildman–Crippen MR) is 185 cm³/mol. The molecule has 20 heteroatoms. The second kappa shape index (κ2) is 16.4. The Morgan fingerprint density at radius 3 is 2.19 bits per heavy atom. The first kappa shape index (κ1) is 39.5. The van der Waals surface area contributed by atoms with Crippen LogP contribution in [0.3, 0.4) is 0 Å². The molecule has 2 aliphatic rings. The summed E-state index contributed by atoms with van der Waals surface area (Å²) in [5.41, 5.74) is 0.808. The number of urea groups is 1. The summed E-state index contributed by atoms with van der Waals surface area (Å²) in [5, 5.41) is 1.33. The Morgan fingerprint density at radius 2 is 1.65 bits per heavy atom. The van der Waals surface area contributed by atoms with Crippen molar-refractivity contribution in [3.05, 3.63) is 58.5 Å². The summed E-state index contributed by atoms with van der Waals surface area (Å²) in [6, 6.07) is 4.75. The minimum absolute atomic E-state index is 0.0233. The van der Waals surface area contributed by atoms with Crippen LogP contribution >= 0.6 is 11.6 Å². The number of carbonyl (C=O) groups excluding carboxylic acids is 3. The third-order valence-corrected chi connectivity index (χ3v) is 10.9. The first-order valence-corrected chi connectivity index (χ1v) is 18.8. The highest BCUT2D eigenvalue weighted by molar-refractivity contribution is 7.93. The minimum atomic E-state index is -4.61. The number of anilines is 2. The fraction of sp³-hybridized carbons (Fsp3) is 0.312. The van der Waals surface area contributed by atoms with Gasteiger partial charge in [-0.25, -0.2) is 32.2 Å². The summed E-state index contributed by atoms with van der Waals surface area (Å²) in [4.78, 5) is 48.8. The molecule has 5 rings (SSSR count). The Hall–Kier alpha value is -5.32. The summed E-state index contributed by atoms with van der Waals surface area (Å²) < 4.78 is 80.5. The van der Waals surface area contributed by atoms with Gasteiger partial charge in [0.2, 0.25) is 17.7 Å². The van der Waals surface area contributed by atoms with Crippen LogP contribution < -0.4 is 29.1 Å². The standard InChI is InChI=1S/C18H15ClFNO3.C14H17N5O7S2/c1-3-10(2)24-16-9-15(14(20)8-13(16)19)21-17(22)11-6-4-5-7-12(11)18(21)23;1-4-27(21,22)9-6-5-7-15-12(9)28(23,24)19-14(20)18-13-16-10(25-2)8-11(17-13)26-3/h1,8-10H,4-7H2,2H3;5-8H,4H2,1-3H3,(H2,16,17,18,19,20). The zero-order valence-corrected chi connectivity index (χ0v) is 30.5. The summed E-state index contributed by atoms with van der Waals surface area (Å²) >= 11 is 5.97. The number of carbonyl (C=O) groups is 3. The number of ether oxygens (including phenoxy) is 3. The number of halogens is 2. The van der Waals surface area contributed by atoms with Crippen molar-refractivity contribution in [2.45, 2.75) is 55.6 Å². The van der Waals surface area contributed by atoms with Crippen molar-refractivity contribution < 1.29 is 49.8 Å². The van der Waals surface area contributed by atoms with Crippen LogP contribution in [0.15, 0.2) is 57.6 Å². The summed E-state index contributed by atoms with van der Waals surface area (Å²) in [5.74, 6) is 0.288. The number of sulfonamides is 1. The van der Waals surface area contributed by atoms with Gasteiger partial charge in [0, 0.05) is 23.4 Å². The van der Waals surface area contributed by atoms with Gasteiger partial charge in [-0.05, 0) is 50.8 Å². The number of hydrogen-bond donors (Lipinski definition) is 2. The molecule has 276 valence electrons. The number of amides is 4. The average Bonchev–Trinajstić information content (AvgIpc) is 3.37. The van der Waals surface area contributed by atoms with E-state index in [1.165, 1.54) is 39.3 Å². The second-order valence-electron chi connectivity index (χ2n) is 10.8. The molecular weight excluding hydrogens is 747 g/mol. The molecule has 1 aromatic carbocycles. The molecule has 0 bridgehead atoms. The predicted octanol–water partition coefficient (Wildman–Crippen LogP) is 3.82. The van der Waals surface area contributed by atoms with Crippen LogP contribution in [0.1, 0.15) is 39.5 Å². The number of pyridine rings is 1. The van der Waals surface area contributed by atoms with Crippen LogP contribution in [0.4, 0.5) is 20.8 Å². The fourth-order valence-corrected chi connectivity index (χ4v) is 7.64. The topological polar surface area (TPSA) is 213 Å². The molecule has 0 saturated heterocycles. The zero-order valence-electron chi connectivity index (χ0n) is 28.1. The molecule has 3 aromatic rings. The molecule has 0 radical (unpaired) electrons. The summed E-state index contributed by atoms with van der Waals surface area (Å²) in [6.45, 7) is 2.98. The number of nitrogens with one attached hydrogen (secondary N) is 2. The molecule has 1 atom stereocenters. The van der Waals surface area contributed by atoms with Gasteiger partial charge in [-0.15, -0.1) is 6.42 Å². The van der Waals surface area contributed by atoms with E-state index in [1.807, 2.05) is 0 Å². The van der Waals surface area contributed by atoms with E-state index in [1.54, 1.807) is 11.6 Å². The van der Waals surface area contributed by atoms with Crippen molar-refractivity contribution in [3.8, 4) is 29.9 Å². The molecule has 0 fully saturated rings. The van der Waals surface area contributed by atoms with Gasteiger partial charge in [0.15, 0.2) is 21.0 Å². The van der Waals surface area contributed by atoms with Crippen molar-refractivity contribution in [3.63, 3.8) is 0 Å². The van der Waals surface area contributed by atoms with E-state index in [0.29, 0.717) is 24.0 Å². The van der Waals surface area contributed by atoms with Crippen LogP contribution in [0.25, 0.3) is 0 Å². The molecular formula is C32H32ClFN6O10S2. The SMILES string of the molecule is C#CC(C)Oc1cc(N2C(=O)C3=C(CCCC3)C2=O)c(F)cc1Cl.CCS(=O)(=O)c1cccnc1S(=O)(=O)NC(=O)Nc1nc(OC)cc(OC)n1. The Kier molecular flexibility index (Phi) is 12.4. The van der Waals surface area contributed by atoms with E-state index >= 15 is 0 Å². The molecule has 4 amide bonds. The average molecular weight is 779 g/mol. The molecule has 2 N–H and O–H groups in total. The largest absolute Gasteiger partial charge is 0.481 e. The van der Waals surface area contributed by atoms with Crippen molar-refractivity contribution in [1.82, 2.24) is 19.7 Å². The number of hydrogen-bond acceptors (Lipinski definition) is 13. The Morgan fingerprint density at radius 1 is 1.06 bits per heavy atom. The van der Waals surface area contributed by atoms with Crippen LogP contribution in [0.2, 0.25) is 5.02 Å². The first-order valence-electron chi connectivity index (χ1n) is 15.3. The van der Waals surface area contributed by atoms with Crippen LogP contribution in [0.5, 0.6) is 17.5 Å². The van der Waals surface area contributed by atoms with E-state index in [-0.39, 0.29) is 39.9 Å². The van der Waals surface area contributed by atoms with Gasteiger partial charge in [-0.1, -0.05) is 24.4 Å². The number of terminal acetylenes is 1. The lowest BCUT2D eigenvalue weighted by atomic mass is 9.93. The van der Waals surface area contributed by atoms with Gasteiger partial charge in [0.1, 0.15) is 16.5 Å². The number of imide groups is 1. The first-order chi connectivity index (χ1) is 24.6. The lowest BCUT2D eigenvalue weighted by Crippen LogP contribution is -2.36. The smallest absolute Gasteiger partial charge is 0.335 e. The maximum Gasteiger partial charge on any atom is 0.335 e. The highest BCUT2D eigenvalue weighted by Crippen LogP contribution is 2.39. The van der Waals surface area contributed by atoms with Crippen LogP contribution in [-0.2, 0) is 29.4 Å². The molecule has 1 unspecified atom stereocenters. The molecule has 2 aromatic heterocycles. The third-order valence-electron chi connectivity index (χ3n) is 7.43. The number of benzene rings is 1. The van der Waals surface area contributed by atoms with Gasteiger partial charge < -0.3 is 14.2 Å². The van der Waals surface area contributed by atoms with Crippen LogP contribution in [-0.4, -0.2) is 75.7 Å². The minimum Gasteiger partial charge on any atom is -0.481 e. The molecule has 0 spiro atoms. The maximum absolute atomic E-state index is 14.4. The Balaban J connectivity index is 0.000000235. The van der Waals surface area contributed by atoms with E-state index in [4.69, 9.17) is 32.2 Å². The van der Waals surface area contributed by atoms with E-state index in [2.05, 4.69) is 26.2 Å². The summed E-state index contributed by atoms with van der Waals surface area (Å²) in [6.07, 6.45) is 8.56. The van der Waals surface area contributed by atoms with Crippen LogP contribution in [0, 0.1) is 18.2 Å². The van der Waals surface area contributed by atoms with Crippen molar-refractivity contribution in [2.24, 2.45) is 0 Å². The zero-order chi connectivity index (χ0) is 38.4. The Labute approximate surface area is 303 Å². The molecule has 3 heterocycles. The maximum atomic E-state index is 14.4. The van der Waals surface area contributed by atoms with Crippen molar-refractivity contribution in [1.29, 1.82) is 0 Å². The van der Waals surface area contributed by atoms with Gasteiger partial charge in [0.25, 0.3) is 21.8 Å². The normalized spacial score (nSPS) is 14.8. The lowest BCUT2D eigenvalue weighted by molar-refractivity contribution is -0.120. The van der Waals surface area contributed by atoms with Gasteiger partial charge in [0.05, 0.1) is 36.7 Å². The molecule has 52 heavy (non-hydrogen) atoms. The number of nitrogens with zero attached hydrogens (tertiary/aromatic N) is 4. The van der Waals surface area contributed by atoms with Gasteiger partial charge in [-0.2, -0.15) is 18.4 Å². The molecule has 16 nitrogen and oxygen atoms in total. The van der Waals surface area contributed by atoms with E-state index < -0.39 is 59.5 Å². The number of methoxy groups -OCH3 is 2.